The molecular formula is C25H21N4O+. The van der Waals surface area contributed by atoms with Gasteiger partial charge in [-0.05, 0) is 31.2 Å². The van der Waals surface area contributed by atoms with Crippen LogP contribution in [0.1, 0.15) is 23.1 Å². The van der Waals surface area contributed by atoms with Crippen molar-refractivity contribution in [2.75, 3.05) is 5.32 Å². The molecule has 5 nitrogen and oxygen atoms in total. The van der Waals surface area contributed by atoms with E-state index in [2.05, 4.69) is 16.0 Å². The number of ketones is 1. The molecule has 0 aliphatic heterocycles. The maximum atomic E-state index is 13.0. The van der Waals surface area contributed by atoms with Gasteiger partial charge in [-0.25, -0.2) is 4.98 Å². The van der Waals surface area contributed by atoms with Crippen LogP contribution >= 0.6 is 0 Å². The third-order valence-electron chi connectivity index (χ3n) is 5.44. The van der Waals surface area contributed by atoms with E-state index in [1.54, 1.807) is 0 Å². The third kappa shape index (κ3) is 3.01. The smallest absolute Gasteiger partial charge is 0.243 e. The summed E-state index contributed by atoms with van der Waals surface area (Å²) in [5, 5.41) is 3.43. The highest BCUT2D eigenvalue weighted by atomic mass is 16.1. The van der Waals surface area contributed by atoms with Crippen LogP contribution in [0.5, 0.6) is 0 Å². The van der Waals surface area contributed by atoms with E-state index < -0.39 is 0 Å². The number of nitrogens with one attached hydrogen (secondary N) is 1. The minimum Gasteiger partial charge on any atom is -0.401 e. The zero-order valence-corrected chi connectivity index (χ0v) is 16.5. The Hall–Kier alpha value is -3.99. The number of carbonyl (C=O) groups excluding carboxylic acids is 1. The molecule has 1 heterocycles. The lowest BCUT2D eigenvalue weighted by Gasteiger charge is -2.18. The van der Waals surface area contributed by atoms with Crippen LogP contribution in [-0.2, 0) is 0 Å². The highest BCUT2D eigenvalue weighted by molar-refractivity contribution is 6.03. The molecule has 1 aliphatic rings. The van der Waals surface area contributed by atoms with E-state index in [9.17, 15) is 4.79 Å². The third-order valence-corrected chi connectivity index (χ3v) is 5.44. The Kier molecular flexibility index (Phi) is 4.29. The van der Waals surface area contributed by atoms with E-state index in [1.807, 2.05) is 85.8 Å². The molecule has 1 atom stereocenters. The van der Waals surface area contributed by atoms with Gasteiger partial charge in [-0.1, -0.05) is 36.4 Å². The summed E-state index contributed by atoms with van der Waals surface area (Å²) in [4.78, 5) is 17.7. The number of hydrogen-bond acceptors (Lipinski definition) is 4. The number of Topliss-reactive ketones (excluding diaryl/α,β-unsaturated/α-hetero) is 1. The van der Waals surface area contributed by atoms with Crippen molar-refractivity contribution in [3.05, 3.63) is 95.9 Å². The molecule has 5 rings (SSSR count). The lowest BCUT2D eigenvalue weighted by Crippen LogP contribution is -2.41. The van der Waals surface area contributed by atoms with E-state index in [-0.39, 0.29) is 11.7 Å². The Labute approximate surface area is 174 Å². The average Bonchev–Trinajstić information content (AvgIpc) is 2.78. The Morgan fingerprint density at radius 3 is 2.37 bits per heavy atom. The molecule has 1 aromatic heterocycles. The van der Waals surface area contributed by atoms with Crippen molar-refractivity contribution < 1.29 is 9.36 Å². The van der Waals surface area contributed by atoms with Crippen molar-refractivity contribution in [2.45, 2.75) is 6.92 Å². The molecule has 30 heavy (non-hydrogen) atoms. The normalized spacial score (nSPS) is 15.6. The second-order valence-electron chi connectivity index (χ2n) is 7.44. The number of rotatable bonds is 3. The summed E-state index contributed by atoms with van der Waals surface area (Å²) in [5.41, 5.74) is 12.5. The van der Waals surface area contributed by atoms with Gasteiger partial charge in [-0.3, -0.25) is 4.79 Å². The number of allylic oxidation sites excluding steroid dienone is 1. The second kappa shape index (κ2) is 7.12. The number of nitrogens with zero attached hydrogens (tertiary/aromatic N) is 2. The predicted molar refractivity (Wildman–Crippen MR) is 119 cm³/mol. The van der Waals surface area contributed by atoms with Crippen molar-refractivity contribution in [1.29, 1.82) is 0 Å². The zero-order chi connectivity index (χ0) is 20.7. The first kappa shape index (κ1) is 18.1. The molecule has 3 N–H and O–H groups in total. The number of nitrogens with two attached hydrogens (primary N) is 1. The van der Waals surface area contributed by atoms with Gasteiger partial charge in [-0.2, -0.15) is 0 Å². The number of fused-ring (bicyclic) bond motifs is 2. The van der Waals surface area contributed by atoms with E-state index >= 15 is 0 Å². The van der Waals surface area contributed by atoms with Crippen molar-refractivity contribution in [3.8, 4) is 5.69 Å². The van der Waals surface area contributed by atoms with Gasteiger partial charge in [0.2, 0.25) is 16.9 Å². The molecule has 0 saturated carbocycles. The number of aromatic nitrogens is 2. The van der Waals surface area contributed by atoms with Crippen LogP contribution in [0.25, 0.3) is 22.8 Å². The Balaban J connectivity index is 1.78. The van der Waals surface area contributed by atoms with E-state index in [1.165, 1.54) is 0 Å². The molecule has 0 spiro atoms. The molecule has 0 amide bonds. The zero-order valence-electron chi connectivity index (χ0n) is 16.5. The van der Waals surface area contributed by atoms with Crippen LogP contribution in [0.4, 0.5) is 11.4 Å². The van der Waals surface area contributed by atoms with Crippen molar-refractivity contribution >= 4 is 34.3 Å². The highest BCUT2D eigenvalue weighted by Crippen LogP contribution is 2.27. The minimum atomic E-state index is -0.370. The number of para-hydroxylation sites is 2. The summed E-state index contributed by atoms with van der Waals surface area (Å²) in [7, 11) is 0. The summed E-state index contributed by atoms with van der Waals surface area (Å²) in [6.45, 7) is 1.82. The van der Waals surface area contributed by atoms with Gasteiger partial charge in [0.1, 0.15) is 5.52 Å². The summed E-state index contributed by atoms with van der Waals surface area (Å²) in [5.74, 6) is -0.422. The Bertz CT molecular complexity index is 1300. The van der Waals surface area contributed by atoms with Crippen LogP contribution in [0.15, 0.2) is 84.6 Å². The first-order valence-corrected chi connectivity index (χ1v) is 9.90. The number of carbonyl (C=O) groups is 1. The molecule has 0 fully saturated rings. The molecule has 146 valence electrons. The van der Waals surface area contributed by atoms with E-state index in [0.717, 1.165) is 28.1 Å². The quantitative estimate of drug-likeness (QED) is 0.507. The van der Waals surface area contributed by atoms with Gasteiger partial charge >= 0.3 is 0 Å². The van der Waals surface area contributed by atoms with Crippen molar-refractivity contribution in [2.24, 2.45) is 11.7 Å². The van der Waals surface area contributed by atoms with Crippen molar-refractivity contribution in [3.63, 3.8) is 0 Å². The molecule has 5 heteroatoms. The monoisotopic (exact) mass is 393 g/mol. The molecule has 0 saturated heterocycles. The molecule has 4 aromatic rings. The van der Waals surface area contributed by atoms with Gasteiger partial charge in [0.15, 0.2) is 11.5 Å². The molecule has 1 unspecified atom stereocenters. The molecule has 1 aliphatic carbocycles. The topological polar surface area (TPSA) is 71.9 Å². The van der Waals surface area contributed by atoms with Gasteiger partial charge in [0.25, 0.3) is 0 Å². The van der Waals surface area contributed by atoms with E-state index in [0.29, 0.717) is 17.1 Å². The maximum Gasteiger partial charge on any atom is 0.243 e. The van der Waals surface area contributed by atoms with E-state index in [4.69, 9.17) is 10.7 Å². The number of hydrogen-bond donors (Lipinski definition) is 2. The summed E-state index contributed by atoms with van der Waals surface area (Å²) >= 11 is 0. The average molecular weight is 393 g/mol. The van der Waals surface area contributed by atoms with Crippen LogP contribution in [0.3, 0.4) is 0 Å². The standard InChI is InChI=1S/C25H20N4O/c1-16-20(26)15-23-24(25(16)30)28-21-13-12-18(27-17-8-4-2-5-9-17)14-22(21)29(23)19-10-6-3-7-11-19/h2-16H,1H3,(H2,26,27,30)/p+1. The SMILES string of the molecule is CC1C(=O)c2nc3ccc(Nc4ccccc4)cc3[n+](-c3ccccc3)c2C=C1N. The summed E-state index contributed by atoms with van der Waals surface area (Å²) < 4.78 is 2.06. The van der Waals surface area contributed by atoms with Crippen LogP contribution in [0, 0.1) is 5.92 Å². The molecule has 0 radical (unpaired) electrons. The maximum absolute atomic E-state index is 13.0. The first-order valence-electron chi connectivity index (χ1n) is 9.90. The van der Waals surface area contributed by atoms with Crippen LogP contribution in [0.2, 0.25) is 0 Å². The molecule has 3 aromatic carbocycles. The number of anilines is 2. The Morgan fingerprint density at radius 2 is 1.63 bits per heavy atom. The minimum absolute atomic E-state index is 0.0527. The van der Waals surface area contributed by atoms with Gasteiger partial charge in [-0.15, -0.1) is 4.57 Å². The first-order chi connectivity index (χ1) is 14.6. The fourth-order valence-electron chi connectivity index (χ4n) is 3.79. The van der Waals surface area contributed by atoms with Gasteiger partial charge < -0.3 is 11.1 Å². The fraction of sp³-hybridized carbons (Fsp3) is 0.0800. The van der Waals surface area contributed by atoms with Crippen molar-refractivity contribution in [1.82, 2.24) is 4.98 Å². The predicted octanol–water partition coefficient (Wildman–Crippen LogP) is 4.39. The van der Waals surface area contributed by atoms with Gasteiger partial charge in [0.05, 0.1) is 5.92 Å². The van der Waals surface area contributed by atoms with Crippen LogP contribution < -0.4 is 15.6 Å². The second-order valence-corrected chi connectivity index (χ2v) is 7.44. The number of benzene rings is 3. The van der Waals surface area contributed by atoms with Gasteiger partial charge in [0, 0.05) is 41.3 Å². The lowest BCUT2D eigenvalue weighted by atomic mass is 9.92. The van der Waals surface area contributed by atoms with Crippen LogP contribution in [-0.4, -0.2) is 10.8 Å². The Morgan fingerprint density at radius 1 is 0.933 bits per heavy atom. The lowest BCUT2D eigenvalue weighted by molar-refractivity contribution is -0.570. The molecule has 0 bridgehead atoms. The highest BCUT2D eigenvalue weighted by Gasteiger charge is 2.34. The summed E-state index contributed by atoms with van der Waals surface area (Å²) in [6.07, 6.45) is 1.87. The largest absolute Gasteiger partial charge is 0.401 e. The summed E-state index contributed by atoms with van der Waals surface area (Å²) in [6, 6.07) is 25.9. The fourth-order valence-corrected chi connectivity index (χ4v) is 3.79. The molecular weight excluding hydrogens is 372 g/mol.